The largest absolute Gasteiger partial charge is 0.324 e. The highest BCUT2D eigenvalue weighted by molar-refractivity contribution is 8.02. The summed E-state index contributed by atoms with van der Waals surface area (Å²) >= 11 is 1.36. The van der Waals surface area contributed by atoms with Gasteiger partial charge in [0.2, 0.25) is 5.91 Å². The molecule has 0 aliphatic carbocycles. The van der Waals surface area contributed by atoms with Crippen molar-refractivity contribution in [3.05, 3.63) is 65.2 Å². The van der Waals surface area contributed by atoms with Crippen LogP contribution in [-0.4, -0.2) is 33.8 Å². The second kappa shape index (κ2) is 9.18. The number of amides is 1. The molecule has 6 heteroatoms. The second-order valence-electron chi connectivity index (χ2n) is 7.14. The van der Waals surface area contributed by atoms with E-state index in [9.17, 15) is 19.2 Å². The van der Waals surface area contributed by atoms with Crippen LogP contribution in [0.1, 0.15) is 53.0 Å². The van der Waals surface area contributed by atoms with E-state index in [0.29, 0.717) is 29.7 Å². The Kier molecular flexibility index (Phi) is 6.64. The molecule has 3 rings (SSSR count). The molecule has 0 spiro atoms. The number of ketones is 3. The van der Waals surface area contributed by atoms with Gasteiger partial charge in [0.25, 0.3) is 0 Å². The minimum absolute atomic E-state index is 0.0307. The van der Waals surface area contributed by atoms with Crippen molar-refractivity contribution in [2.24, 2.45) is 0 Å². The van der Waals surface area contributed by atoms with E-state index in [1.165, 1.54) is 25.6 Å². The number of Topliss-reactive ketones (excluding diaryl/α,β-unsaturated/α-hetero) is 3. The fourth-order valence-electron chi connectivity index (χ4n) is 3.50. The number of anilines is 1. The van der Waals surface area contributed by atoms with Gasteiger partial charge < -0.3 is 5.32 Å². The van der Waals surface area contributed by atoms with Crippen LogP contribution in [0.15, 0.2) is 48.5 Å². The Morgan fingerprint density at radius 2 is 1.45 bits per heavy atom. The van der Waals surface area contributed by atoms with Crippen LogP contribution in [0, 0.1) is 0 Å². The minimum Gasteiger partial charge on any atom is -0.324 e. The van der Waals surface area contributed by atoms with Gasteiger partial charge in [0.05, 0.1) is 16.2 Å². The molecule has 1 N–H and O–H groups in total. The number of carbonyl (C=O) groups excluding carboxylic acids is 4. The molecule has 150 valence electrons. The van der Waals surface area contributed by atoms with Crippen LogP contribution in [0.25, 0.3) is 0 Å². The average Bonchev–Trinajstić information content (AvgIpc) is 3.19. The normalized spacial score (nSPS) is 18.3. The van der Waals surface area contributed by atoms with Crippen molar-refractivity contribution in [3.8, 4) is 0 Å². The van der Waals surface area contributed by atoms with Crippen LogP contribution in [0.5, 0.6) is 0 Å². The molecule has 2 aromatic carbocycles. The molecule has 1 aliphatic rings. The molecule has 0 bridgehead atoms. The maximum Gasteiger partial charge on any atom is 0.237 e. The minimum atomic E-state index is -0.341. The molecular weight excluding hydrogens is 386 g/mol. The fourth-order valence-corrected chi connectivity index (χ4v) is 4.86. The zero-order valence-corrected chi connectivity index (χ0v) is 17.3. The maximum absolute atomic E-state index is 12.8. The van der Waals surface area contributed by atoms with Crippen LogP contribution in [0.3, 0.4) is 0 Å². The zero-order chi connectivity index (χ0) is 21.0. The number of benzene rings is 2. The first-order chi connectivity index (χ1) is 13.9. The maximum atomic E-state index is 12.8. The lowest BCUT2D eigenvalue weighted by Gasteiger charge is -2.14. The number of nitrogens with one attached hydrogen (secondary N) is 1. The molecule has 1 saturated heterocycles. The number of para-hydroxylation sites is 1. The molecule has 0 saturated carbocycles. The van der Waals surface area contributed by atoms with Crippen molar-refractivity contribution in [3.63, 3.8) is 0 Å². The summed E-state index contributed by atoms with van der Waals surface area (Å²) in [5.41, 5.74) is 2.26. The number of thioether (sulfide) groups is 1. The topological polar surface area (TPSA) is 80.3 Å². The second-order valence-corrected chi connectivity index (χ2v) is 8.55. The molecule has 2 aromatic rings. The van der Waals surface area contributed by atoms with Crippen molar-refractivity contribution < 1.29 is 19.2 Å². The lowest BCUT2D eigenvalue weighted by atomic mass is 9.97. The first-order valence-electron chi connectivity index (χ1n) is 9.54. The van der Waals surface area contributed by atoms with E-state index in [-0.39, 0.29) is 40.2 Å². The first kappa shape index (κ1) is 21.0. The lowest BCUT2D eigenvalue weighted by Crippen LogP contribution is -2.25. The van der Waals surface area contributed by atoms with Crippen LogP contribution >= 0.6 is 11.8 Å². The lowest BCUT2D eigenvalue weighted by molar-refractivity contribution is -0.118. The van der Waals surface area contributed by atoms with Gasteiger partial charge in [-0.25, -0.2) is 0 Å². The summed E-state index contributed by atoms with van der Waals surface area (Å²) in [6.45, 7) is 2.95. The van der Waals surface area contributed by atoms with E-state index >= 15 is 0 Å². The molecule has 2 unspecified atom stereocenters. The van der Waals surface area contributed by atoms with Crippen molar-refractivity contribution in [2.45, 2.75) is 43.6 Å². The van der Waals surface area contributed by atoms with Crippen LogP contribution in [-0.2, 0) is 16.0 Å². The Hall–Kier alpha value is -2.73. The first-order valence-corrected chi connectivity index (χ1v) is 10.5. The van der Waals surface area contributed by atoms with E-state index in [0.717, 1.165) is 5.56 Å². The van der Waals surface area contributed by atoms with Crippen LogP contribution in [0.4, 0.5) is 5.69 Å². The fraction of sp³-hybridized carbons (Fsp3) is 0.304. The van der Waals surface area contributed by atoms with E-state index in [1.54, 1.807) is 42.5 Å². The molecule has 5 nitrogen and oxygen atoms in total. The SMILES string of the molecule is CC(=O)c1ccccc1CC(=O)C1CCC(C(=O)Nc2ccccc2C(C)=O)S1. The predicted octanol–water partition coefficient (Wildman–Crippen LogP) is 4.11. The van der Waals surface area contributed by atoms with Gasteiger partial charge in [-0.3, -0.25) is 19.2 Å². The van der Waals surface area contributed by atoms with Gasteiger partial charge in [0.1, 0.15) is 5.78 Å². The summed E-state index contributed by atoms with van der Waals surface area (Å²) in [5, 5.41) is 2.22. The van der Waals surface area contributed by atoms with Gasteiger partial charge >= 0.3 is 0 Å². The molecular formula is C23H23NO4S. The summed E-state index contributed by atoms with van der Waals surface area (Å²) in [4.78, 5) is 48.9. The highest BCUT2D eigenvalue weighted by Gasteiger charge is 2.35. The highest BCUT2D eigenvalue weighted by Crippen LogP contribution is 2.36. The smallest absolute Gasteiger partial charge is 0.237 e. The molecule has 1 amide bonds. The van der Waals surface area contributed by atoms with Gasteiger partial charge in [-0.05, 0) is 44.4 Å². The number of carbonyl (C=O) groups is 4. The highest BCUT2D eigenvalue weighted by atomic mass is 32.2. The standard InChI is InChI=1S/C23H23NO4S/c1-14(25)17-8-4-3-7-16(17)13-20(27)21-11-12-22(29-21)23(28)24-19-10-6-5-9-18(19)15(2)26/h3-10,21-22H,11-13H2,1-2H3,(H,24,28). The van der Waals surface area contributed by atoms with Crippen LogP contribution < -0.4 is 5.32 Å². The van der Waals surface area contributed by atoms with Gasteiger partial charge in [-0.1, -0.05) is 36.4 Å². The summed E-state index contributed by atoms with van der Waals surface area (Å²) < 4.78 is 0. The number of rotatable bonds is 7. The van der Waals surface area contributed by atoms with Gasteiger partial charge in [-0.2, -0.15) is 0 Å². The molecule has 0 aromatic heterocycles. The Morgan fingerprint density at radius 1 is 0.862 bits per heavy atom. The van der Waals surface area contributed by atoms with Crippen molar-refractivity contribution >= 4 is 40.7 Å². The Bertz CT molecular complexity index is 891. The predicted molar refractivity (Wildman–Crippen MR) is 115 cm³/mol. The number of hydrogen-bond acceptors (Lipinski definition) is 5. The van der Waals surface area contributed by atoms with Crippen molar-refractivity contribution in [1.82, 2.24) is 0 Å². The molecule has 29 heavy (non-hydrogen) atoms. The van der Waals surface area contributed by atoms with Gasteiger partial charge in [0, 0.05) is 17.5 Å². The molecule has 1 heterocycles. The third-order valence-corrected chi connectivity index (χ3v) is 6.60. The van der Waals surface area contributed by atoms with E-state index in [2.05, 4.69) is 5.32 Å². The molecule has 1 aliphatic heterocycles. The summed E-state index contributed by atoms with van der Waals surface area (Å²) in [6, 6.07) is 14.0. The number of hydrogen-bond donors (Lipinski definition) is 1. The van der Waals surface area contributed by atoms with E-state index < -0.39 is 0 Å². The average molecular weight is 410 g/mol. The Balaban J connectivity index is 1.63. The van der Waals surface area contributed by atoms with Gasteiger partial charge in [-0.15, -0.1) is 11.8 Å². The molecule has 1 fully saturated rings. The van der Waals surface area contributed by atoms with Crippen molar-refractivity contribution in [1.29, 1.82) is 0 Å². The Morgan fingerprint density at radius 3 is 2.14 bits per heavy atom. The van der Waals surface area contributed by atoms with Crippen molar-refractivity contribution in [2.75, 3.05) is 5.32 Å². The third-order valence-electron chi connectivity index (χ3n) is 5.00. The summed E-state index contributed by atoms with van der Waals surface area (Å²) in [6.07, 6.45) is 1.41. The van der Waals surface area contributed by atoms with E-state index in [4.69, 9.17) is 0 Å². The van der Waals surface area contributed by atoms with Crippen LogP contribution in [0.2, 0.25) is 0 Å². The third kappa shape index (κ3) is 5.01. The zero-order valence-electron chi connectivity index (χ0n) is 16.4. The monoisotopic (exact) mass is 409 g/mol. The van der Waals surface area contributed by atoms with Gasteiger partial charge in [0.15, 0.2) is 11.6 Å². The Labute approximate surface area is 174 Å². The summed E-state index contributed by atoms with van der Waals surface area (Å²) in [7, 11) is 0. The molecule has 0 radical (unpaired) electrons. The quantitative estimate of drug-likeness (QED) is 0.696. The van der Waals surface area contributed by atoms with E-state index in [1.807, 2.05) is 6.07 Å². The molecule has 2 atom stereocenters. The summed E-state index contributed by atoms with van der Waals surface area (Å²) in [5.74, 6) is -0.336.